The number of hydrogen-bond donors (Lipinski definition) is 3. The van der Waals surface area contributed by atoms with E-state index < -0.39 is 6.10 Å². The van der Waals surface area contributed by atoms with Crippen LogP contribution in [-0.4, -0.2) is 61.5 Å². The fourth-order valence-corrected chi connectivity index (χ4v) is 6.05. The molecule has 2 aliphatic rings. The first kappa shape index (κ1) is 27.9. The number of likely N-dealkylation sites (tertiary alicyclic amines) is 1. The van der Waals surface area contributed by atoms with Gasteiger partial charge in [-0.25, -0.2) is 4.79 Å². The lowest BCUT2D eigenvalue weighted by Crippen LogP contribution is -2.52. The van der Waals surface area contributed by atoms with Crippen molar-refractivity contribution >= 4 is 6.03 Å². The zero-order valence-electron chi connectivity index (χ0n) is 22.1. The third kappa shape index (κ3) is 9.40. The Bertz CT molecular complexity index is 710. The summed E-state index contributed by atoms with van der Waals surface area (Å²) in [5.41, 5.74) is 0.977. The predicted octanol–water partition coefficient (Wildman–Crippen LogP) is 5.28. The molecule has 1 heterocycles. The van der Waals surface area contributed by atoms with Gasteiger partial charge in [0.25, 0.3) is 0 Å². The van der Waals surface area contributed by atoms with Crippen LogP contribution in [0.15, 0.2) is 30.3 Å². The Kier molecular flexibility index (Phi) is 12.4. The minimum absolute atomic E-state index is 0.0838. The van der Waals surface area contributed by atoms with Crippen molar-refractivity contribution in [2.45, 2.75) is 95.8 Å². The molecule has 0 bridgehead atoms. The molecule has 2 fully saturated rings. The molecule has 198 valence electrons. The summed E-state index contributed by atoms with van der Waals surface area (Å²) in [7, 11) is 1.97. The van der Waals surface area contributed by atoms with Gasteiger partial charge in [0.2, 0.25) is 0 Å². The summed E-state index contributed by atoms with van der Waals surface area (Å²) in [5.74, 6) is 1.09. The average molecular weight is 488 g/mol. The molecule has 3 rings (SSSR count). The Morgan fingerprint density at radius 3 is 2.60 bits per heavy atom. The van der Waals surface area contributed by atoms with E-state index in [4.69, 9.17) is 4.74 Å². The third-order valence-electron chi connectivity index (χ3n) is 7.92. The van der Waals surface area contributed by atoms with E-state index in [1.807, 2.05) is 49.2 Å². The van der Waals surface area contributed by atoms with E-state index >= 15 is 0 Å². The van der Waals surface area contributed by atoms with Gasteiger partial charge in [0.15, 0.2) is 0 Å². The number of rotatable bonds is 13. The van der Waals surface area contributed by atoms with Gasteiger partial charge in [0, 0.05) is 38.2 Å². The van der Waals surface area contributed by atoms with Crippen molar-refractivity contribution < 1.29 is 14.6 Å². The van der Waals surface area contributed by atoms with Gasteiger partial charge in [0.1, 0.15) is 0 Å². The predicted molar refractivity (Wildman–Crippen MR) is 142 cm³/mol. The van der Waals surface area contributed by atoms with E-state index in [1.165, 1.54) is 32.1 Å². The Labute approximate surface area is 213 Å². The molecule has 6 nitrogen and oxygen atoms in total. The zero-order chi connectivity index (χ0) is 24.9. The molecule has 0 spiro atoms. The number of hydrogen-bond acceptors (Lipinski definition) is 4. The number of benzene rings is 1. The molecule has 1 unspecified atom stereocenters. The van der Waals surface area contributed by atoms with E-state index in [2.05, 4.69) is 10.6 Å². The zero-order valence-corrected chi connectivity index (χ0v) is 22.1. The van der Waals surface area contributed by atoms with Gasteiger partial charge in [0.05, 0.1) is 12.2 Å². The van der Waals surface area contributed by atoms with Crippen LogP contribution < -0.4 is 10.6 Å². The fraction of sp³-hybridized carbons (Fsp3) is 0.759. The van der Waals surface area contributed by atoms with Crippen molar-refractivity contribution in [1.82, 2.24) is 15.5 Å². The molecule has 1 aliphatic carbocycles. The number of ether oxygens (including phenoxy) is 1. The lowest BCUT2D eigenvalue weighted by atomic mass is 9.85. The summed E-state index contributed by atoms with van der Waals surface area (Å²) in [5, 5.41) is 17.2. The Hall–Kier alpha value is -1.63. The highest BCUT2D eigenvalue weighted by molar-refractivity contribution is 5.74. The summed E-state index contributed by atoms with van der Waals surface area (Å²) < 4.78 is 6.17. The van der Waals surface area contributed by atoms with E-state index in [0.29, 0.717) is 12.5 Å². The highest BCUT2D eigenvalue weighted by Gasteiger charge is 2.31. The molecular formula is C29H49N3O3. The van der Waals surface area contributed by atoms with Crippen LogP contribution in [0, 0.1) is 11.8 Å². The minimum atomic E-state index is -0.430. The number of carbonyl (C=O) groups is 1. The average Bonchev–Trinajstić information content (AvgIpc) is 2.89. The van der Waals surface area contributed by atoms with Crippen molar-refractivity contribution in [3.05, 3.63) is 35.9 Å². The second kappa shape index (κ2) is 15.5. The normalized spacial score (nSPS) is 21.9. The largest absolute Gasteiger partial charge is 0.388 e. The molecule has 1 aromatic rings. The smallest absolute Gasteiger partial charge is 0.317 e. The lowest BCUT2D eigenvalue weighted by molar-refractivity contribution is -0.0101. The van der Waals surface area contributed by atoms with Crippen molar-refractivity contribution in [3.8, 4) is 0 Å². The summed E-state index contributed by atoms with van der Waals surface area (Å²) >= 11 is 0. The van der Waals surface area contributed by atoms with Gasteiger partial charge in [-0.15, -0.1) is 0 Å². The second-order valence-corrected chi connectivity index (χ2v) is 10.6. The van der Waals surface area contributed by atoms with Crippen LogP contribution in [0.25, 0.3) is 0 Å². The molecule has 1 aromatic carbocycles. The summed E-state index contributed by atoms with van der Waals surface area (Å²) in [4.78, 5) is 15.2. The maximum atomic E-state index is 13.2. The number of aliphatic hydroxyl groups is 1. The molecule has 1 saturated carbocycles. The SMILES string of the molecule is CCOC(CCC[C@H](O)c1ccccc1)[C@@H]1CCCN(C(=O)N[C@H](CNC)CC2CCCCC2)C1. The van der Waals surface area contributed by atoms with Crippen molar-refractivity contribution in [3.63, 3.8) is 0 Å². The van der Waals surface area contributed by atoms with Crippen LogP contribution in [0.3, 0.4) is 0 Å². The Morgan fingerprint density at radius 2 is 1.89 bits per heavy atom. The third-order valence-corrected chi connectivity index (χ3v) is 7.92. The van der Waals surface area contributed by atoms with Gasteiger partial charge in [-0.05, 0) is 64.0 Å². The number of aliphatic hydroxyl groups excluding tert-OH is 1. The van der Waals surface area contributed by atoms with Gasteiger partial charge in [-0.1, -0.05) is 62.4 Å². The lowest BCUT2D eigenvalue weighted by Gasteiger charge is -2.38. The topological polar surface area (TPSA) is 73.8 Å². The van der Waals surface area contributed by atoms with E-state index in [1.54, 1.807) is 0 Å². The summed E-state index contributed by atoms with van der Waals surface area (Å²) in [6.45, 7) is 5.13. The number of carbonyl (C=O) groups excluding carboxylic acids is 1. The maximum Gasteiger partial charge on any atom is 0.317 e. The monoisotopic (exact) mass is 487 g/mol. The maximum absolute atomic E-state index is 13.2. The number of piperidine rings is 1. The number of urea groups is 1. The highest BCUT2D eigenvalue weighted by atomic mass is 16.5. The van der Waals surface area contributed by atoms with Gasteiger partial charge in [-0.2, -0.15) is 0 Å². The molecular weight excluding hydrogens is 438 g/mol. The molecule has 1 saturated heterocycles. The van der Waals surface area contributed by atoms with Crippen LogP contribution in [0.2, 0.25) is 0 Å². The van der Waals surface area contributed by atoms with Crippen LogP contribution >= 0.6 is 0 Å². The highest BCUT2D eigenvalue weighted by Crippen LogP contribution is 2.29. The fourth-order valence-electron chi connectivity index (χ4n) is 6.05. The quantitative estimate of drug-likeness (QED) is 0.354. The van der Waals surface area contributed by atoms with Gasteiger partial charge >= 0.3 is 6.03 Å². The van der Waals surface area contributed by atoms with Crippen LogP contribution in [0.1, 0.15) is 89.2 Å². The molecule has 0 radical (unpaired) electrons. The molecule has 4 atom stereocenters. The first-order chi connectivity index (χ1) is 17.1. The number of likely N-dealkylation sites (N-methyl/N-ethyl adjacent to an activating group) is 1. The molecule has 1 aliphatic heterocycles. The Morgan fingerprint density at radius 1 is 1.11 bits per heavy atom. The summed E-state index contributed by atoms with van der Waals surface area (Å²) in [6.07, 6.45) is 12.1. The first-order valence-corrected chi connectivity index (χ1v) is 14.1. The van der Waals surface area contributed by atoms with Crippen molar-refractivity contribution in [1.29, 1.82) is 0 Å². The summed E-state index contributed by atoms with van der Waals surface area (Å²) in [6, 6.07) is 10.2. The van der Waals surface area contributed by atoms with Crippen molar-refractivity contribution in [2.75, 3.05) is 33.3 Å². The van der Waals surface area contributed by atoms with Crippen LogP contribution in [0.4, 0.5) is 4.79 Å². The first-order valence-electron chi connectivity index (χ1n) is 14.1. The standard InChI is InChI=1S/C29H49N3O3/c1-3-35-28(18-10-17-27(33)24-14-8-5-9-15-24)25-16-11-19-32(22-25)29(34)31-26(21-30-2)20-23-12-6-4-7-13-23/h5,8-9,14-15,23,25-28,30,33H,3-4,6-7,10-13,16-22H2,1-2H3,(H,31,34)/t25-,26+,27+,28?/m1/s1. The second-order valence-electron chi connectivity index (χ2n) is 10.6. The van der Waals surface area contributed by atoms with Crippen LogP contribution in [-0.2, 0) is 4.74 Å². The molecule has 35 heavy (non-hydrogen) atoms. The van der Waals surface area contributed by atoms with E-state index in [9.17, 15) is 9.90 Å². The minimum Gasteiger partial charge on any atom is -0.388 e. The number of amides is 2. The van der Waals surface area contributed by atoms with Crippen molar-refractivity contribution in [2.24, 2.45) is 11.8 Å². The van der Waals surface area contributed by atoms with E-state index in [0.717, 1.165) is 69.6 Å². The van der Waals surface area contributed by atoms with E-state index in [-0.39, 0.29) is 18.2 Å². The molecule has 6 heteroatoms. The molecule has 2 amide bonds. The van der Waals surface area contributed by atoms with Gasteiger partial charge in [-0.3, -0.25) is 0 Å². The molecule has 0 aromatic heterocycles. The van der Waals surface area contributed by atoms with Crippen LogP contribution in [0.5, 0.6) is 0 Å². The number of nitrogens with zero attached hydrogens (tertiary/aromatic N) is 1. The molecule has 3 N–H and O–H groups in total. The Balaban J connectivity index is 1.49. The number of nitrogens with one attached hydrogen (secondary N) is 2. The van der Waals surface area contributed by atoms with Gasteiger partial charge < -0.3 is 25.4 Å².